The fraction of sp³-hybridized carbons (Fsp3) is 0.263. The van der Waals surface area contributed by atoms with E-state index in [1.165, 1.54) is 11.6 Å². The second kappa shape index (κ2) is 6.17. The van der Waals surface area contributed by atoms with Gasteiger partial charge in [-0.15, -0.1) is 0 Å². The predicted molar refractivity (Wildman–Crippen MR) is 88.7 cm³/mol. The maximum absolute atomic E-state index is 14.1. The number of aromatic nitrogens is 2. The van der Waals surface area contributed by atoms with E-state index in [0.717, 1.165) is 36.5 Å². The van der Waals surface area contributed by atoms with E-state index in [4.69, 9.17) is 4.52 Å². The van der Waals surface area contributed by atoms with Crippen LogP contribution in [-0.4, -0.2) is 21.6 Å². The summed E-state index contributed by atoms with van der Waals surface area (Å²) in [6.07, 6.45) is 2.60. The molecule has 0 amide bonds. The van der Waals surface area contributed by atoms with Crippen LogP contribution in [-0.2, 0) is 19.5 Å². The van der Waals surface area contributed by atoms with Crippen LogP contribution in [0, 0.1) is 12.7 Å². The molecule has 2 aromatic heterocycles. The topological polar surface area (TPSA) is 42.2 Å². The van der Waals surface area contributed by atoms with Gasteiger partial charge in [0.25, 0.3) is 0 Å². The number of aryl methyl sites for hydroxylation is 1. The molecule has 1 aromatic carbocycles. The minimum absolute atomic E-state index is 0.272. The van der Waals surface area contributed by atoms with Gasteiger partial charge in [0.1, 0.15) is 17.3 Å². The summed E-state index contributed by atoms with van der Waals surface area (Å²) in [5, 5.41) is 4.13. The molecule has 0 unspecified atom stereocenters. The number of hydrogen-bond donors (Lipinski definition) is 0. The Labute approximate surface area is 139 Å². The van der Waals surface area contributed by atoms with E-state index in [2.05, 4.69) is 28.0 Å². The molecule has 4 rings (SSSR count). The molecular formula is C19H18FN3O. The van der Waals surface area contributed by atoms with Gasteiger partial charge in [-0.1, -0.05) is 23.4 Å². The van der Waals surface area contributed by atoms with Gasteiger partial charge >= 0.3 is 0 Å². The third kappa shape index (κ3) is 2.71. The van der Waals surface area contributed by atoms with E-state index in [-0.39, 0.29) is 5.82 Å². The quantitative estimate of drug-likeness (QED) is 0.736. The molecule has 0 saturated carbocycles. The monoisotopic (exact) mass is 323 g/mol. The van der Waals surface area contributed by atoms with Gasteiger partial charge in [0.2, 0.25) is 0 Å². The second-order valence-electron chi connectivity index (χ2n) is 6.14. The minimum Gasteiger partial charge on any atom is -0.360 e. The van der Waals surface area contributed by atoms with Crippen LogP contribution in [0.1, 0.15) is 22.6 Å². The van der Waals surface area contributed by atoms with Gasteiger partial charge in [-0.25, -0.2) is 4.39 Å². The van der Waals surface area contributed by atoms with Gasteiger partial charge in [0, 0.05) is 43.4 Å². The molecule has 0 saturated heterocycles. The highest BCUT2D eigenvalue weighted by molar-refractivity contribution is 5.64. The van der Waals surface area contributed by atoms with Crippen molar-refractivity contribution in [1.29, 1.82) is 0 Å². The van der Waals surface area contributed by atoms with Crippen molar-refractivity contribution in [2.24, 2.45) is 0 Å². The smallest absolute Gasteiger partial charge is 0.143 e. The third-order valence-electron chi connectivity index (χ3n) is 4.53. The van der Waals surface area contributed by atoms with Crippen molar-refractivity contribution in [1.82, 2.24) is 15.0 Å². The van der Waals surface area contributed by atoms with Gasteiger partial charge in [-0.05, 0) is 30.7 Å². The van der Waals surface area contributed by atoms with Crippen LogP contribution in [0.15, 0.2) is 47.1 Å². The van der Waals surface area contributed by atoms with Gasteiger partial charge in [-0.3, -0.25) is 9.88 Å². The molecule has 0 aliphatic carbocycles. The Hall–Kier alpha value is -2.53. The van der Waals surface area contributed by atoms with Crippen molar-refractivity contribution in [3.8, 4) is 11.3 Å². The molecule has 1 aliphatic heterocycles. The largest absolute Gasteiger partial charge is 0.360 e. The summed E-state index contributed by atoms with van der Waals surface area (Å²) in [7, 11) is 0. The molecule has 3 heterocycles. The van der Waals surface area contributed by atoms with E-state index in [1.54, 1.807) is 12.1 Å². The first-order valence-electron chi connectivity index (χ1n) is 8.07. The molecule has 122 valence electrons. The number of benzene rings is 1. The molecule has 1 aliphatic rings. The zero-order valence-electron chi connectivity index (χ0n) is 13.5. The number of rotatable bonds is 3. The van der Waals surface area contributed by atoms with Crippen LogP contribution in [0.3, 0.4) is 0 Å². The van der Waals surface area contributed by atoms with Gasteiger partial charge in [0.15, 0.2) is 0 Å². The molecule has 5 heteroatoms. The van der Waals surface area contributed by atoms with Crippen LogP contribution < -0.4 is 0 Å². The fourth-order valence-corrected chi connectivity index (χ4v) is 3.16. The summed E-state index contributed by atoms with van der Waals surface area (Å²) in [5.74, 6) is 0.591. The summed E-state index contributed by atoms with van der Waals surface area (Å²) >= 11 is 0. The van der Waals surface area contributed by atoms with E-state index in [9.17, 15) is 4.39 Å². The first kappa shape index (κ1) is 15.0. The highest BCUT2D eigenvalue weighted by atomic mass is 19.1. The van der Waals surface area contributed by atoms with Crippen LogP contribution in [0.5, 0.6) is 0 Å². The SMILES string of the molecule is Cc1cccnc1CN1CCc2onc(-c3ccccc3F)c2C1. The number of nitrogens with zero attached hydrogens (tertiary/aromatic N) is 3. The summed E-state index contributed by atoms with van der Waals surface area (Å²) in [6, 6.07) is 10.7. The third-order valence-corrected chi connectivity index (χ3v) is 4.53. The zero-order chi connectivity index (χ0) is 16.5. The van der Waals surface area contributed by atoms with Crippen molar-refractivity contribution in [3.63, 3.8) is 0 Å². The standard InChI is InChI=1S/C19H18FN3O/c1-13-5-4-9-21-17(13)12-23-10-8-18-15(11-23)19(22-24-18)14-6-2-3-7-16(14)20/h2-7,9H,8,10-12H2,1H3. The first-order valence-corrected chi connectivity index (χ1v) is 8.07. The summed E-state index contributed by atoms with van der Waals surface area (Å²) in [5.41, 5.74) is 4.36. The van der Waals surface area contributed by atoms with Gasteiger partial charge < -0.3 is 4.52 Å². The van der Waals surface area contributed by atoms with Crippen LogP contribution in [0.25, 0.3) is 11.3 Å². The highest BCUT2D eigenvalue weighted by Gasteiger charge is 2.26. The van der Waals surface area contributed by atoms with Gasteiger partial charge in [-0.2, -0.15) is 0 Å². The normalized spacial score (nSPS) is 14.6. The Bertz CT molecular complexity index is 875. The Balaban J connectivity index is 1.62. The van der Waals surface area contributed by atoms with Crippen molar-refractivity contribution >= 4 is 0 Å². The molecule has 0 N–H and O–H groups in total. The molecule has 0 atom stereocenters. The lowest BCUT2D eigenvalue weighted by Gasteiger charge is -2.26. The average molecular weight is 323 g/mol. The highest BCUT2D eigenvalue weighted by Crippen LogP contribution is 2.31. The van der Waals surface area contributed by atoms with Crippen molar-refractivity contribution in [2.75, 3.05) is 6.54 Å². The van der Waals surface area contributed by atoms with Crippen molar-refractivity contribution in [2.45, 2.75) is 26.4 Å². The molecule has 0 bridgehead atoms. The van der Waals surface area contributed by atoms with Crippen molar-refractivity contribution in [3.05, 3.63) is 71.0 Å². The number of halogens is 1. The first-order chi connectivity index (χ1) is 11.7. The molecule has 0 radical (unpaired) electrons. The molecule has 0 spiro atoms. The molecular weight excluding hydrogens is 305 g/mol. The summed E-state index contributed by atoms with van der Waals surface area (Å²) < 4.78 is 19.6. The Kier molecular flexibility index (Phi) is 3.86. The second-order valence-corrected chi connectivity index (χ2v) is 6.14. The molecule has 3 aromatic rings. The molecule has 0 fully saturated rings. The van der Waals surface area contributed by atoms with E-state index >= 15 is 0 Å². The van der Waals surface area contributed by atoms with Crippen LogP contribution >= 0.6 is 0 Å². The Morgan fingerprint density at radius 1 is 1.21 bits per heavy atom. The van der Waals surface area contributed by atoms with Crippen LogP contribution in [0.4, 0.5) is 4.39 Å². The van der Waals surface area contributed by atoms with Crippen molar-refractivity contribution < 1.29 is 8.91 Å². The number of hydrogen-bond acceptors (Lipinski definition) is 4. The summed E-state index contributed by atoms with van der Waals surface area (Å²) in [4.78, 5) is 6.77. The van der Waals surface area contributed by atoms with E-state index in [0.29, 0.717) is 17.8 Å². The molecule has 4 nitrogen and oxygen atoms in total. The van der Waals surface area contributed by atoms with E-state index in [1.807, 2.05) is 18.3 Å². The van der Waals surface area contributed by atoms with Crippen LogP contribution in [0.2, 0.25) is 0 Å². The Morgan fingerprint density at radius 3 is 2.92 bits per heavy atom. The Morgan fingerprint density at radius 2 is 2.08 bits per heavy atom. The maximum atomic E-state index is 14.1. The predicted octanol–water partition coefficient (Wildman–Crippen LogP) is 3.74. The zero-order valence-corrected chi connectivity index (χ0v) is 13.5. The average Bonchev–Trinajstić information content (AvgIpc) is 3.00. The molecule has 24 heavy (non-hydrogen) atoms. The number of fused-ring (bicyclic) bond motifs is 1. The maximum Gasteiger partial charge on any atom is 0.143 e. The fourth-order valence-electron chi connectivity index (χ4n) is 3.16. The lowest BCUT2D eigenvalue weighted by molar-refractivity contribution is 0.226. The van der Waals surface area contributed by atoms with Gasteiger partial charge in [0.05, 0.1) is 5.69 Å². The lowest BCUT2D eigenvalue weighted by Crippen LogP contribution is -2.30. The lowest BCUT2D eigenvalue weighted by atomic mass is 10.0. The number of pyridine rings is 1. The minimum atomic E-state index is -0.272. The summed E-state index contributed by atoms with van der Waals surface area (Å²) in [6.45, 7) is 4.42. The van der Waals surface area contributed by atoms with E-state index < -0.39 is 0 Å².